The van der Waals surface area contributed by atoms with Crippen LogP contribution >= 0.6 is 11.8 Å². The molecule has 102 valence electrons. The van der Waals surface area contributed by atoms with Crippen molar-refractivity contribution < 1.29 is 0 Å². The number of hydrogen-bond donors (Lipinski definition) is 2. The molecule has 18 heavy (non-hydrogen) atoms. The van der Waals surface area contributed by atoms with E-state index < -0.39 is 0 Å². The number of aromatic amines is 1. The molecule has 1 aromatic heterocycles. The standard InChI is InChI=1S/C13H23N3OS/c1-5-6-11-8-12(17)16-13(15-11)18-10(3)7-9(2)14-4/h8-10,14H,5-7H2,1-4H3,(H,15,16,17). The maximum Gasteiger partial charge on any atom is 0.251 e. The SMILES string of the molecule is CCCc1cc(=O)[nH]c(SC(C)CC(C)NC)n1. The highest BCUT2D eigenvalue weighted by molar-refractivity contribution is 7.99. The summed E-state index contributed by atoms with van der Waals surface area (Å²) in [7, 11) is 1.96. The van der Waals surface area contributed by atoms with Crippen molar-refractivity contribution >= 4 is 11.8 Å². The van der Waals surface area contributed by atoms with Crippen molar-refractivity contribution in [3.63, 3.8) is 0 Å². The summed E-state index contributed by atoms with van der Waals surface area (Å²) in [6, 6.07) is 2.06. The summed E-state index contributed by atoms with van der Waals surface area (Å²) in [5.41, 5.74) is 0.836. The second kappa shape index (κ2) is 7.59. The van der Waals surface area contributed by atoms with Crippen LogP contribution in [0.2, 0.25) is 0 Å². The van der Waals surface area contributed by atoms with Crippen molar-refractivity contribution in [1.29, 1.82) is 0 Å². The first-order valence-electron chi connectivity index (χ1n) is 6.49. The van der Waals surface area contributed by atoms with E-state index in [0.717, 1.165) is 30.1 Å². The normalized spacial score (nSPS) is 14.4. The molecule has 0 bridgehead atoms. The Hall–Kier alpha value is -0.810. The van der Waals surface area contributed by atoms with Crippen molar-refractivity contribution in [1.82, 2.24) is 15.3 Å². The van der Waals surface area contributed by atoms with Crippen LogP contribution in [0, 0.1) is 0 Å². The zero-order valence-electron chi connectivity index (χ0n) is 11.6. The van der Waals surface area contributed by atoms with E-state index in [1.807, 2.05) is 7.05 Å². The number of thioether (sulfide) groups is 1. The second-order valence-electron chi connectivity index (χ2n) is 4.65. The van der Waals surface area contributed by atoms with E-state index in [0.29, 0.717) is 11.3 Å². The molecular formula is C13H23N3OS. The Balaban J connectivity index is 2.68. The Morgan fingerprint density at radius 1 is 1.50 bits per heavy atom. The monoisotopic (exact) mass is 269 g/mol. The summed E-state index contributed by atoms with van der Waals surface area (Å²) in [5, 5.41) is 4.38. The van der Waals surface area contributed by atoms with E-state index in [4.69, 9.17) is 0 Å². The minimum absolute atomic E-state index is 0.0511. The minimum atomic E-state index is -0.0511. The first kappa shape index (κ1) is 15.2. The molecule has 0 aliphatic rings. The van der Waals surface area contributed by atoms with Crippen LogP contribution < -0.4 is 10.9 Å². The molecule has 0 aromatic carbocycles. The third kappa shape index (κ3) is 5.23. The number of rotatable bonds is 7. The van der Waals surface area contributed by atoms with Gasteiger partial charge in [-0.15, -0.1) is 0 Å². The van der Waals surface area contributed by atoms with Crippen molar-refractivity contribution in [3.8, 4) is 0 Å². The largest absolute Gasteiger partial charge is 0.317 e. The summed E-state index contributed by atoms with van der Waals surface area (Å²) in [6.07, 6.45) is 2.91. The van der Waals surface area contributed by atoms with Gasteiger partial charge in [-0.25, -0.2) is 4.98 Å². The average molecular weight is 269 g/mol. The second-order valence-corrected chi connectivity index (χ2v) is 6.07. The van der Waals surface area contributed by atoms with E-state index in [1.54, 1.807) is 17.8 Å². The number of nitrogens with one attached hydrogen (secondary N) is 2. The Labute approximate surface area is 113 Å². The number of H-pyrrole nitrogens is 1. The fourth-order valence-corrected chi connectivity index (χ4v) is 2.87. The van der Waals surface area contributed by atoms with E-state index in [-0.39, 0.29) is 5.56 Å². The van der Waals surface area contributed by atoms with Crippen molar-refractivity contribution in [2.75, 3.05) is 7.05 Å². The molecule has 4 nitrogen and oxygen atoms in total. The van der Waals surface area contributed by atoms with Gasteiger partial charge in [-0.2, -0.15) is 0 Å². The summed E-state index contributed by atoms with van der Waals surface area (Å²) >= 11 is 1.63. The molecule has 0 saturated heterocycles. The van der Waals surface area contributed by atoms with Gasteiger partial charge in [0.25, 0.3) is 5.56 Å². The van der Waals surface area contributed by atoms with Crippen molar-refractivity contribution in [2.24, 2.45) is 0 Å². The van der Waals surface area contributed by atoms with Crippen LogP contribution in [0.1, 0.15) is 39.3 Å². The minimum Gasteiger partial charge on any atom is -0.317 e. The van der Waals surface area contributed by atoms with Gasteiger partial charge >= 0.3 is 0 Å². The van der Waals surface area contributed by atoms with Crippen LogP contribution in [-0.4, -0.2) is 28.3 Å². The van der Waals surface area contributed by atoms with Gasteiger partial charge in [0.15, 0.2) is 5.16 Å². The molecule has 0 aliphatic heterocycles. The first-order valence-corrected chi connectivity index (χ1v) is 7.37. The maximum absolute atomic E-state index is 11.5. The molecule has 0 spiro atoms. The highest BCUT2D eigenvalue weighted by Gasteiger charge is 2.11. The first-order chi connectivity index (χ1) is 8.55. The summed E-state index contributed by atoms with van der Waals surface area (Å²) in [6.45, 7) is 6.40. The van der Waals surface area contributed by atoms with E-state index in [9.17, 15) is 4.79 Å². The molecule has 0 aliphatic carbocycles. The predicted molar refractivity (Wildman–Crippen MR) is 77.3 cm³/mol. The Kier molecular flexibility index (Phi) is 6.43. The van der Waals surface area contributed by atoms with Crippen LogP contribution in [0.4, 0.5) is 0 Å². The lowest BCUT2D eigenvalue weighted by Crippen LogP contribution is -2.24. The van der Waals surface area contributed by atoms with Gasteiger partial charge in [-0.1, -0.05) is 32.0 Å². The fraction of sp³-hybridized carbons (Fsp3) is 0.692. The molecule has 1 rings (SSSR count). The predicted octanol–water partition coefficient (Wildman–Crippen LogP) is 2.20. The van der Waals surface area contributed by atoms with Crippen LogP contribution in [-0.2, 0) is 6.42 Å². The molecular weight excluding hydrogens is 246 g/mol. The summed E-state index contributed by atoms with van der Waals surface area (Å²) in [5.74, 6) is 0. The smallest absolute Gasteiger partial charge is 0.251 e. The van der Waals surface area contributed by atoms with Gasteiger partial charge in [0.05, 0.1) is 0 Å². The van der Waals surface area contributed by atoms with Crippen LogP contribution in [0.25, 0.3) is 0 Å². The van der Waals surface area contributed by atoms with Gasteiger partial charge in [0.2, 0.25) is 0 Å². The van der Waals surface area contributed by atoms with Crippen molar-refractivity contribution in [2.45, 2.75) is 56.5 Å². The zero-order chi connectivity index (χ0) is 13.5. The zero-order valence-corrected chi connectivity index (χ0v) is 12.4. The molecule has 0 saturated carbocycles. The quantitative estimate of drug-likeness (QED) is 0.588. The summed E-state index contributed by atoms with van der Waals surface area (Å²) in [4.78, 5) is 18.8. The van der Waals surface area contributed by atoms with Gasteiger partial charge in [-0.05, 0) is 26.8 Å². The molecule has 0 amide bonds. The fourth-order valence-electron chi connectivity index (χ4n) is 1.78. The number of nitrogens with zero attached hydrogens (tertiary/aromatic N) is 1. The van der Waals surface area contributed by atoms with Gasteiger partial charge in [0, 0.05) is 23.1 Å². The molecule has 2 atom stereocenters. The van der Waals surface area contributed by atoms with Gasteiger partial charge in [-0.3, -0.25) is 4.79 Å². The van der Waals surface area contributed by atoms with Crippen LogP contribution in [0.5, 0.6) is 0 Å². The lowest BCUT2D eigenvalue weighted by molar-refractivity contribution is 0.563. The maximum atomic E-state index is 11.5. The number of aryl methyl sites for hydroxylation is 1. The highest BCUT2D eigenvalue weighted by Crippen LogP contribution is 2.22. The average Bonchev–Trinajstić information content (AvgIpc) is 2.28. The highest BCUT2D eigenvalue weighted by atomic mass is 32.2. The molecule has 2 N–H and O–H groups in total. The Bertz CT molecular complexity index is 419. The molecule has 1 aromatic rings. The van der Waals surface area contributed by atoms with Gasteiger partial charge in [0.1, 0.15) is 0 Å². The Morgan fingerprint density at radius 2 is 2.22 bits per heavy atom. The molecule has 2 unspecified atom stereocenters. The lowest BCUT2D eigenvalue weighted by atomic mass is 10.2. The molecule has 1 heterocycles. The van der Waals surface area contributed by atoms with Gasteiger partial charge < -0.3 is 10.3 Å². The van der Waals surface area contributed by atoms with E-state index in [2.05, 4.69) is 36.1 Å². The molecule has 5 heteroatoms. The third-order valence-electron chi connectivity index (χ3n) is 2.77. The number of aromatic nitrogens is 2. The Morgan fingerprint density at radius 3 is 2.83 bits per heavy atom. The topological polar surface area (TPSA) is 57.8 Å². The number of hydrogen-bond acceptors (Lipinski definition) is 4. The van der Waals surface area contributed by atoms with Crippen molar-refractivity contribution in [3.05, 3.63) is 22.1 Å². The lowest BCUT2D eigenvalue weighted by Gasteiger charge is -2.15. The molecule has 0 fully saturated rings. The van der Waals surface area contributed by atoms with Crippen LogP contribution in [0.15, 0.2) is 16.0 Å². The summed E-state index contributed by atoms with van der Waals surface area (Å²) < 4.78 is 0. The third-order valence-corrected chi connectivity index (χ3v) is 3.78. The van der Waals surface area contributed by atoms with Crippen LogP contribution in [0.3, 0.4) is 0 Å². The van der Waals surface area contributed by atoms with E-state index in [1.165, 1.54) is 0 Å². The molecule has 0 radical (unpaired) electrons. The van der Waals surface area contributed by atoms with E-state index >= 15 is 0 Å².